The van der Waals surface area contributed by atoms with Crippen LogP contribution in [0.25, 0.3) is 22.2 Å². The number of aliphatic carboxylic acids is 1. The van der Waals surface area contributed by atoms with Crippen LogP contribution in [0.3, 0.4) is 0 Å². The van der Waals surface area contributed by atoms with Crippen molar-refractivity contribution in [3.63, 3.8) is 0 Å². The van der Waals surface area contributed by atoms with E-state index in [-0.39, 0.29) is 19.4 Å². The fourth-order valence-electron chi connectivity index (χ4n) is 5.49. The molecule has 1 unspecified atom stereocenters. The van der Waals surface area contributed by atoms with Crippen molar-refractivity contribution >= 4 is 34.9 Å². The second-order valence-corrected chi connectivity index (χ2v) is 12.3. The molecule has 2 aromatic carbocycles. The zero-order valence-electron chi connectivity index (χ0n) is 26.0. The van der Waals surface area contributed by atoms with Gasteiger partial charge in [0, 0.05) is 35.4 Å². The highest BCUT2D eigenvalue weighted by Crippen LogP contribution is 2.45. The average Bonchev–Trinajstić information content (AvgIpc) is 3.58. The normalized spacial score (nSPS) is 22.0. The Bertz CT molecular complexity index is 1670. The lowest BCUT2D eigenvalue weighted by molar-refractivity contribution is -0.144. The number of pyridine rings is 1. The van der Waals surface area contributed by atoms with Crippen LogP contribution in [0.2, 0.25) is 0 Å². The number of methoxy groups -OCH3 is 1. The Labute approximate surface area is 265 Å². The van der Waals surface area contributed by atoms with Crippen molar-refractivity contribution in [2.24, 2.45) is 5.92 Å². The highest BCUT2D eigenvalue weighted by Gasteiger charge is 2.61. The third-order valence-corrected chi connectivity index (χ3v) is 7.87. The van der Waals surface area contributed by atoms with Crippen LogP contribution in [0.1, 0.15) is 33.6 Å². The van der Waals surface area contributed by atoms with E-state index in [1.165, 1.54) is 11.0 Å². The number of urea groups is 1. The number of likely N-dealkylation sites (tertiary alicyclic amines) is 1. The molecule has 2 fully saturated rings. The number of fused-ring (bicyclic) bond motifs is 1. The molecule has 1 aliphatic carbocycles. The van der Waals surface area contributed by atoms with Crippen LogP contribution in [0, 0.1) is 5.92 Å². The first-order valence-electron chi connectivity index (χ1n) is 14.8. The number of hydrazine groups is 1. The molecule has 2 heterocycles. The third kappa shape index (κ3) is 6.82. The summed E-state index contributed by atoms with van der Waals surface area (Å²) < 4.78 is 17.1. The summed E-state index contributed by atoms with van der Waals surface area (Å²) in [5.41, 5.74) is 4.28. The van der Waals surface area contributed by atoms with Crippen LogP contribution in [0.15, 0.2) is 67.3 Å². The van der Waals surface area contributed by atoms with Crippen molar-refractivity contribution in [1.29, 1.82) is 0 Å². The van der Waals surface area contributed by atoms with Gasteiger partial charge in [-0.05, 0) is 39.3 Å². The van der Waals surface area contributed by atoms with Crippen molar-refractivity contribution < 1.29 is 38.5 Å². The quantitative estimate of drug-likeness (QED) is 0.212. The second kappa shape index (κ2) is 12.6. The number of benzene rings is 2. The van der Waals surface area contributed by atoms with Gasteiger partial charge < -0.3 is 29.5 Å². The molecule has 1 aliphatic heterocycles. The number of aromatic nitrogens is 1. The zero-order chi connectivity index (χ0) is 33.2. The van der Waals surface area contributed by atoms with Crippen LogP contribution >= 0.6 is 0 Å². The molecule has 1 saturated heterocycles. The Balaban J connectivity index is 1.43. The van der Waals surface area contributed by atoms with E-state index in [2.05, 4.69) is 22.7 Å². The number of hydrogen-bond donors (Lipinski definition) is 4. The maximum atomic E-state index is 13.6. The number of carboxylic acids is 1. The molecule has 46 heavy (non-hydrogen) atoms. The molecule has 4 N–H and O–H groups in total. The van der Waals surface area contributed by atoms with Gasteiger partial charge in [0.2, 0.25) is 5.91 Å². The van der Waals surface area contributed by atoms with Crippen LogP contribution in [-0.2, 0) is 14.3 Å². The van der Waals surface area contributed by atoms with Gasteiger partial charge in [-0.1, -0.05) is 36.4 Å². The topological polar surface area (TPSA) is 168 Å². The van der Waals surface area contributed by atoms with Crippen molar-refractivity contribution in [3.8, 4) is 22.8 Å². The number of amides is 4. The second-order valence-electron chi connectivity index (χ2n) is 12.3. The molecule has 0 bridgehead atoms. The van der Waals surface area contributed by atoms with Gasteiger partial charge in [0.25, 0.3) is 0 Å². The molecule has 4 amide bonds. The first-order valence-corrected chi connectivity index (χ1v) is 14.8. The summed E-state index contributed by atoms with van der Waals surface area (Å²) in [6, 6.07) is 14.8. The first-order chi connectivity index (χ1) is 21.8. The number of nitrogens with one attached hydrogen (secondary N) is 3. The van der Waals surface area contributed by atoms with Crippen LogP contribution in [0.5, 0.6) is 11.5 Å². The average molecular weight is 632 g/mol. The molecular formula is C33H37N5O8. The van der Waals surface area contributed by atoms with E-state index < -0.39 is 53.2 Å². The van der Waals surface area contributed by atoms with E-state index in [0.29, 0.717) is 28.1 Å². The highest BCUT2D eigenvalue weighted by molar-refractivity contribution is 5.95. The molecule has 13 heteroatoms. The molecule has 0 radical (unpaired) electrons. The van der Waals surface area contributed by atoms with Gasteiger partial charge in [-0.3, -0.25) is 4.79 Å². The maximum absolute atomic E-state index is 13.6. The number of carbonyl (C=O) groups excluding carboxylic acids is 3. The smallest absolute Gasteiger partial charge is 0.426 e. The number of ether oxygens (including phenoxy) is 3. The summed E-state index contributed by atoms with van der Waals surface area (Å²) in [6.07, 6.45) is 0.136. The number of carbonyl (C=O) groups is 4. The fraction of sp³-hybridized carbons (Fsp3) is 0.364. The molecule has 13 nitrogen and oxygen atoms in total. The molecule has 5 rings (SSSR count). The van der Waals surface area contributed by atoms with E-state index in [4.69, 9.17) is 19.2 Å². The largest absolute Gasteiger partial charge is 0.497 e. The lowest BCUT2D eigenvalue weighted by Crippen LogP contribution is -2.56. The highest BCUT2D eigenvalue weighted by atomic mass is 16.6. The molecule has 1 aromatic heterocycles. The van der Waals surface area contributed by atoms with Gasteiger partial charge in [0.1, 0.15) is 34.8 Å². The minimum Gasteiger partial charge on any atom is -0.497 e. The van der Waals surface area contributed by atoms with Crippen molar-refractivity contribution in [2.75, 3.05) is 13.7 Å². The Morgan fingerprint density at radius 1 is 1.09 bits per heavy atom. The summed E-state index contributed by atoms with van der Waals surface area (Å²) in [5.74, 6) is -1.22. The zero-order valence-corrected chi connectivity index (χ0v) is 26.0. The third-order valence-electron chi connectivity index (χ3n) is 7.87. The minimum absolute atomic E-state index is 0.0424. The standard InChI is InChI=1S/C33H37N5O8/c1-6-20-17-33(20,29(40)41)35-28(39)26-15-22(18-38(26)30(42)36-37-31(43)46-32(2,3)4)45-27-16-24(19-10-8-7-9-11-19)34-25-14-21(44-5)12-13-23(25)27/h6-14,16,20,22,26H,1,15,17-18H2,2-5H3,(H,35,39)(H,36,42)(H,37,43)(H,40,41)/t20-,22-,26+,33?/m1/s1. The number of rotatable bonds is 8. The van der Waals surface area contributed by atoms with Gasteiger partial charge in [0.05, 0.1) is 24.9 Å². The number of hydrogen-bond acceptors (Lipinski definition) is 8. The summed E-state index contributed by atoms with van der Waals surface area (Å²) in [4.78, 5) is 57.2. The minimum atomic E-state index is -1.50. The molecule has 0 spiro atoms. The fourth-order valence-corrected chi connectivity index (χ4v) is 5.49. The van der Waals surface area contributed by atoms with Crippen molar-refractivity contribution in [1.82, 2.24) is 26.1 Å². The maximum Gasteiger partial charge on any atom is 0.426 e. The van der Waals surface area contributed by atoms with Crippen LogP contribution in [0.4, 0.5) is 9.59 Å². The van der Waals surface area contributed by atoms with Gasteiger partial charge in [-0.25, -0.2) is 30.2 Å². The summed E-state index contributed by atoms with van der Waals surface area (Å²) >= 11 is 0. The summed E-state index contributed by atoms with van der Waals surface area (Å²) in [6.45, 7) is 8.63. The molecule has 1 saturated carbocycles. The molecule has 4 atom stereocenters. The van der Waals surface area contributed by atoms with Gasteiger partial charge in [0.15, 0.2) is 0 Å². The van der Waals surface area contributed by atoms with E-state index in [9.17, 15) is 24.3 Å². The van der Waals surface area contributed by atoms with E-state index >= 15 is 0 Å². The van der Waals surface area contributed by atoms with Crippen LogP contribution < -0.4 is 25.6 Å². The summed E-state index contributed by atoms with van der Waals surface area (Å²) in [7, 11) is 1.56. The Kier molecular flexibility index (Phi) is 8.77. The van der Waals surface area contributed by atoms with Gasteiger partial charge in [-0.15, -0.1) is 6.58 Å². The Morgan fingerprint density at radius 2 is 1.83 bits per heavy atom. The Morgan fingerprint density at radius 3 is 2.46 bits per heavy atom. The lowest BCUT2D eigenvalue weighted by atomic mass is 10.1. The van der Waals surface area contributed by atoms with E-state index in [1.807, 2.05) is 36.4 Å². The van der Waals surface area contributed by atoms with Gasteiger partial charge >= 0.3 is 18.1 Å². The molecular weight excluding hydrogens is 594 g/mol. The predicted molar refractivity (Wildman–Crippen MR) is 168 cm³/mol. The SMILES string of the molecule is C=C[C@@H]1CC1(NC(=O)[C@@H]1C[C@@H](Oc2cc(-c3ccccc3)nc3cc(OC)ccc23)CN1C(=O)NNC(=O)OC(C)(C)C)C(=O)O. The number of carboxylic acid groups (broad SMARTS) is 1. The molecule has 2 aliphatic rings. The molecule has 242 valence electrons. The van der Waals surface area contributed by atoms with Crippen molar-refractivity contribution in [3.05, 3.63) is 67.3 Å². The van der Waals surface area contributed by atoms with Crippen LogP contribution in [-0.4, -0.2) is 75.9 Å². The Hall–Kier alpha value is -5.33. The molecule has 3 aromatic rings. The summed E-state index contributed by atoms with van der Waals surface area (Å²) in [5, 5.41) is 13.2. The van der Waals surface area contributed by atoms with E-state index in [1.54, 1.807) is 46.1 Å². The van der Waals surface area contributed by atoms with Crippen molar-refractivity contribution in [2.45, 2.75) is 56.9 Å². The van der Waals surface area contributed by atoms with Gasteiger partial charge in [-0.2, -0.15) is 0 Å². The number of nitrogens with zero attached hydrogens (tertiary/aromatic N) is 2. The monoisotopic (exact) mass is 631 g/mol. The van der Waals surface area contributed by atoms with E-state index in [0.717, 1.165) is 5.56 Å². The first kappa shape index (κ1) is 32.1. The lowest BCUT2D eigenvalue weighted by Gasteiger charge is -2.26. The predicted octanol–water partition coefficient (Wildman–Crippen LogP) is 4.03.